The van der Waals surface area contributed by atoms with E-state index in [9.17, 15) is 18.3 Å². The number of aliphatic hydroxyl groups excluding tert-OH is 1. The summed E-state index contributed by atoms with van der Waals surface area (Å²) in [6.45, 7) is 1.04. The van der Waals surface area contributed by atoms with E-state index in [1.807, 2.05) is 25.2 Å². The van der Waals surface area contributed by atoms with Crippen LogP contribution in [0.15, 0.2) is 47.4 Å². The summed E-state index contributed by atoms with van der Waals surface area (Å²) in [5.41, 5.74) is 3.47. The molecular weight excluding hydrogens is 378 g/mol. The number of fused-ring (bicyclic) bond motifs is 1. The maximum atomic E-state index is 12.3. The quantitative estimate of drug-likeness (QED) is 0.761. The summed E-state index contributed by atoms with van der Waals surface area (Å²) in [6.07, 6.45) is 0.134. The highest BCUT2D eigenvalue weighted by Crippen LogP contribution is 2.29. The number of aliphatic hydroxyl groups is 1. The van der Waals surface area contributed by atoms with Gasteiger partial charge in [0.25, 0.3) is 5.91 Å². The molecule has 0 aliphatic carbocycles. The minimum atomic E-state index is -3.53. The molecule has 8 heteroatoms. The molecule has 1 aliphatic heterocycles. The van der Waals surface area contributed by atoms with Gasteiger partial charge in [-0.25, -0.2) is 12.7 Å². The summed E-state index contributed by atoms with van der Waals surface area (Å²) in [4.78, 5) is 14.6. The van der Waals surface area contributed by atoms with Gasteiger partial charge in [-0.3, -0.25) is 4.79 Å². The third kappa shape index (κ3) is 4.04. The summed E-state index contributed by atoms with van der Waals surface area (Å²) < 4.78 is 25.3. The number of nitrogens with one attached hydrogen (secondary N) is 1. The molecule has 0 saturated heterocycles. The van der Waals surface area contributed by atoms with Crippen LogP contribution in [-0.2, 0) is 16.4 Å². The Morgan fingerprint density at radius 1 is 1.21 bits per heavy atom. The number of amides is 1. The van der Waals surface area contributed by atoms with Crippen LogP contribution in [-0.4, -0.2) is 58.0 Å². The van der Waals surface area contributed by atoms with E-state index in [2.05, 4.69) is 10.2 Å². The number of anilines is 1. The molecule has 1 amide bonds. The van der Waals surface area contributed by atoms with Crippen LogP contribution in [0.25, 0.3) is 0 Å². The number of carbonyl (C=O) groups is 1. The van der Waals surface area contributed by atoms with Crippen LogP contribution < -0.4 is 10.2 Å². The number of rotatable bonds is 6. The second-order valence-corrected chi connectivity index (χ2v) is 9.25. The molecule has 0 radical (unpaired) electrons. The smallest absolute Gasteiger partial charge is 0.251 e. The molecule has 1 atom stereocenters. The fourth-order valence-electron chi connectivity index (χ4n) is 3.19. The van der Waals surface area contributed by atoms with E-state index in [-0.39, 0.29) is 17.3 Å². The van der Waals surface area contributed by atoms with Crippen LogP contribution in [0, 0.1) is 0 Å². The lowest BCUT2D eigenvalue weighted by molar-refractivity contribution is 0.0916. The zero-order valence-corrected chi connectivity index (χ0v) is 17.0. The summed E-state index contributed by atoms with van der Waals surface area (Å²) in [5, 5.41) is 13.1. The lowest BCUT2D eigenvalue weighted by Crippen LogP contribution is -2.28. The molecule has 150 valence electrons. The summed E-state index contributed by atoms with van der Waals surface area (Å²) in [7, 11) is 1.41. The van der Waals surface area contributed by atoms with Gasteiger partial charge < -0.3 is 15.3 Å². The fourth-order valence-corrected chi connectivity index (χ4v) is 4.09. The van der Waals surface area contributed by atoms with E-state index in [0.717, 1.165) is 22.8 Å². The first-order valence-electron chi connectivity index (χ1n) is 9.03. The molecule has 2 aromatic carbocycles. The summed E-state index contributed by atoms with van der Waals surface area (Å²) in [6, 6.07) is 11.6. The van der Waals surface area contributed by atoms with E-state index in [0.29, 0.717) is 5.56 Å². The van der Waals surface area contributed by atoms with Crippen molar-refractivity contribution < 1.29 is 18.3 Å². The Labute approximate surface area is 165 Å². The van der Waals surface area contributed by atoms with Crippen molar-refractivity contribution >= 4 is 21.6 Å². The standard InChI is InChI=1S/C20H25N3O4S/c1-22(2)28(26,27)17-7-4-14(5-8-17)20(25)21-13-19(24)16-6-9-18-15(12-16)10-11-23(18)3/h4-9,12,19,24H,10-11,13H2,1-3H3,(H,21,25). The highest BCUT2D eigenvalue weighted by atomic mass is 32.2. The predicted octanol–water partition coefficient (Wildman–Crippen LogP) is 1.39. The molecule has 2 N–H and O–H groups in total. The Morgan fingerprint density at radius 2 is 1.89 bits per heavy atom. The molecule has 0 spiro atoms. The molecule has 3 rings (SSSR count). The molecule has 7 nitrogen and oxygen atoms in total. The normalized spacial score (nSPS) is 14.8. The highest BCUT2D eigenvalue weighted by Gasteiger charge is 2.19. The number of hydrogen-bond donors (Lipinski definition) is 2. The third-order valence-electron chi connectivity index (χ3n) is 4.97. The first kappa shape index (κ1) is 20.3. The molecule has 28 heavy (non-hydrogen) atoms. The first-order valence-corrected chi connectivity index (χ1v) is 10.5. The van der Waals surface area contributed by atoms with Crippen LogP contribution in [0.5, 0.6) is 0 Å². The number of benzene rings is 2. The van der Waals surface area contributed by atoms with Crippen molar-refractivity contribution in [1.29, 1.82) is 0 Å². The van der Waals surface area contributed by atoms with Crippen LogP contribution in [0.2, 0.25) is 0 Å². The van der Waals surface area contributed by atoms with Gasteiger partial charge in [-0.1, -0.05) is 12.1 Å². The lowest BCUT2D eigenvalue weighted by atomic mass is 10.0. The van der Waals surface area contributed by atoms with Crippen molar-refractivity contribution in [2.24, 2.45) is 0 Å². The maximum absolute atomic E-state index is 12.3. The number of nitrogens with zero attached hydrogens (tertiary/aromatic N) is 2. The Balaban J connectivity index is 1.62. The Bertz CT molecular complexity index is 971. The van der Waals surface area contributed by atoms with Gasteiger partial charge in [-0.15, -0.1) is 0 Å². The average Bonchev–Trinajstić information content (AvgIpc) is 3.06. The van der Waals surface area contributed by atoms with Crippen molar-refractivity contribution in [2.75, 3.05) is 39.1 Å². The lowest BCUT2D eigenvalue weighted by Gasteiger charge is -2.16. The SMILES string of the molecule is CN1CCc2cc(C(O)CNC(=O)c3ccc(S(=O)(=O)N(C)C)cc3)ccc21. The average molecular weight is 404 g/mol. The molecule has 2 aromatic rings. The van der Waals surface area contributed by atoms with Gasteiger partial charge in [0, 0.05) is 45.5 Å². The number of hydrogen-bond acceptors (Lipinski definition) is 5. The molecule has 0 fully saturated rings. The van der Waals surface area contributed by atoms with Crippen molar-refractivity contribution in [3.63, 3.8) is 0 Å². The number of sulfonamides is 1. The molecule has 1 unspecified atom stereocenters. The van der Waals surface area contributed by atoms with Gasteiger partial charge >= 0.3 is 0 Å². The fraction of sp³-hybridized carbons (Fsp3) is 0.350. The molecule has 0 aromatic heterocycles. The van der Waals surface area contributed by atoms with E-state index in [1.54, 1.807) is 0 Å². The summed E-state index contributed by atoms with van der Waals surface area (Å²) in [5.74, 6) is -0.367. The zero-order valence-electron chi connectivity index (χ0n) is 16.2. The predicted molar refractivity (Wildman–Crippen MR) is 108 cm³/mol. The Kier molecular flexibility index (Phi) is 5.74. The van der Waals surface area contributed by atoms with E-state index >= 15 is 0 Å². The zero-order chi connectivity index (χ0) is 20.5. The third-order valence-corrected chi connectivity index (χ3v) is 6.80. The van der Waals surface area contributed by atoms with Crippen LogP contribution in [0.4, 0.5) is 5.69 Å². The van der Waals surface area contributed by atoms with Crippen molar-refractivity contribution in [3.05, 3.63) is 59.2 Å². The van der Waals surface area contributed by atoms with Crippen LogP contribution in [0.3, 0.4) is 0 Å². The van der Waals surface area contributed by atoms with E-state index in [4.69, 9.17) is 0 Å². The molecule has 1 aliphatic rings. The summed E-state index contributed by atoms with van der Waals surface area (Å²) >= 11 is 0. The van der Waals surface area contributed by atoms with E-state index < -0.39 is 16.1 Å². The van der Waals surface area contributed by atoms with Gasteiger partial charge in [0.2, 0.25) is 10.0 Å². The van der Waals surface area contributed by atoms with Gasteiger partial charge in [-0.05, 0) is 47.9 Å². The first-order chi connectivity index (χ1) is 13.2. The van der Waals surface area contributed by atoms with Gasteiger partial charge in [0.15, 0.2) is 0 Å². The molecular formula is C20H25N3O4S. The monoisotopic (exact) mass is 403 g/mol. The van der Waals surface area contributed by atoms with Crippen LogP contribution in [0.1, 0.15) is 27.6 Å². The molecule has 0 bridgehead atoms. The topological polar surface area (TPSA) is 90.0 Å². The Hall–Kier alpha value is -2.42. The van der Waals surface area contributed by atoms with Gasteiger partial charge in [0.1, 0.15) is 0 Å². The minimum Gasteiger partial charge on any atom is -0.387 e. The second-order valence-electron chi connectivity index (χ2n) is 7.10. The van der Waals surface area contributed by atoms with Crippen LogP contribution >= 0.6 is 0 Å². The van der Waals surface area contributed by atoms with E-state index in [1.165, 1.54) is 49.6 Å². The Morgan fingerprint density at radius 3 is 2.54 bits per heavy atom. The highest BCUT2D eigenvalue weighted by molar-refractivity contribution is 7.89. The number of likely N-dealkylation sites (N-methyl/N-ethyl adjacent to an activating group) is 1. The van der Waals surface area contributed by atoms with Gasteiger partial charge in [0.05, 0.1) is 11.0 Å². The molecule has 1 heterocycles. The molecule has 0 saturated carbocycles. The van der Waals surface area contributed by atoms with Gasteiger partial charge in [-0.2, -0.15) is 0 Å². The van der Waals surface area contributed by atoms with Crippen molar-refractivity contribution in [1.82, 2.24) is 9.62 Å². The largest absolute Gasteiger partial charge is 0.387 e. The maximum Gasteiger partial charge on any atom is 0.251 e. The second kappa shape index (κ2) is 7.90. The van der Waals surface area contributed by atoms with Crippen molar-refractivity contribution in [2.45, 2.75) is 17.4 Å². The van der Waals surface area contributed by atoms with Crippen molar-refractivity contribution in [3.8, 4) is 0 Å². The minimum absolute atomic E-state index is 0.0746. The number of carbonyl (C=O) groups excluding carboxylic acids is 1.